The van der Waals surface area contributed by atoms with Crippen LogP contribution in [0, 0.1) is 18.3 Å². The fraction of sp³-hybridized carbons (Fsp3) is 0.0800. The van der Waals surface area contributed by atoms with Crippen LogP contribution in [0.4, 0.5) is 5.69 Å². The van der Waals surface area contributed by atoms with E-state index in [-0.39, 0.29) is 5.91 Å². The summed E-state index contributed by atoms with van der Waals surface area (Å²) in [4.78, 5) is 13.2. The van der Waals surface area contributed by atoms with Crippen molar-refractivity contribution in [1.82, 2.24) is 25.2 Å². The molecule has 0 spiro atoms. The van der Waals surface area contributed by atoms with Crippen molar-refractivity contribution in [2.24, 2.45) is 7.05 Å². The lowest BCUT2D eigenvalue weighted by molar-refractivity contribution is 0.102. The molecule has 2 N–H and O–H groups in total. The third-order valence-corrected chi connectivity index (χ3v) is 5.72. The molecular weight excluding hydrogens is 414 g/mol. The lowest BCUT2D eigenvalue weighted by atomic mass is 10.00. The number of anilines is 1. The monoisotopic (exact) mass is 433 g/mol. The Morgan fingerprint density at radius 3 is 2.67 bits per heavy atom. The second kappa shape index (κ2) is 8.05. The summed E-state index contributed by atoms with van der Waals surface area (Å²) in [5.74, 6) is 0.0166. The molecule has 2 aromatic heterocycles. The molecule has 0 bridgehead atoms. The summed E-state index contributed by atoms with van der Waals surface area (Å²) in [5.41, 5.74) is 6.35. The molecule has 5 aromatic rings. The number of nitriles is 1. The van der Waals surface area contributed by atoms with Gasteiger partial charge in [-0.1, -0.05) is 36.4 Å². The maximum atomic E-state index is 13.2. The highest BCUT2D eigenvalue weighted by Crippen LogP contribution is 2.30. The van der Waals surface area contributed by atoms with Gasteiger partial charge in [0.1, 0.15) is 5.69 Å². The van der Waals surface area contributed by atoms with E-state index < -0.39 is 0 Å². The standard InChI is InChI=1S/C25H19N7O/c1-15-5-3-4-6-19(15)17-8-9-18-13-23(32(2)22(18)12-17)25(33)27-21-10-7-16(14-26)11-20(21)24-28-30-31-29-24/h3-13H,1-2H3,(H,27,33)(H,28,29,30,31). The van der Waals surface area contributed by atoms with E-state index in [1.54, 1.807) is 18.2 Å². The average molecular weight is 433 g/mol. The second-order valence-electron chi connectivity index (χ2n) is 7.74. The number of hydrogen-bond donors (Lipinski definition) is 2. The van der Waals surface area contributed by atoms with E-state index in [9.17, 15) is 10.1 Å². The minimum atomic E-state index is -0.277. The summed E-state index contributed by atoms with van der Waals surface area (Å²) in [6, 6.07) is 23.3. The molecule has 2 heterocycles. The number of amides is 1. The molecule has 0 aliphatic rings. The van der Waals surface area contributed by atoms with E-state index in [1.165, 1.54) is 5.56 Å². The summed E-state index contributed by atoms with van der Waals surface area (Å²) in [6.07, 6.45) is 0. The smallest absolute Gasteiger partial charge is 0.272 e. The molecule has 3 aromatic carbocycles. The first-order chi connectivity index (χ1) is 16.0. The van der Waals surface area contributed by atoms with Crippen LogP contribution < -0.4 is 5.32 Å². The van der Waals surface area contributed by atoms with Gasteiger partial charge in [-0.05, 0) is 59.2 Å². The number of benzene rings is 3. The Morgan fingerprint density at radius 1 is 1.06 bits per heavy atom. The molecule has 0 saturated carbocycles. The van der Waals surface area contributed by atoms with Crippen LogP contribution in [0.3, 0.4) is 0 Å². The van der Waals surface area contributed by atoms with Crippen LogP contribution >= 0.6 is 0 Å². The number of aromatic amines is 1. The third-order valence-electron chi connectivity index (χ3n) is 5.72. The molecular formula is C25H19N7O. The van der Waals surface area contributed by atoms with Gasteiger partial charge >= 0.3 is 0 Å². The van der Waals surface area contributed by atoms with Gasteiger partial charge in [-0.3, -0.25) is 4.79 Å². The van der Waals surface area contributed by atoms with Gasteiger partial charge in [0.05, 0.1) is 17.3 Å². The van der Waals surface area contributed by atoms with E-state index in [4.69, 9.17) is 0 Å². The van der Waals surface area contributed by atoms with Crippen LogP contribution in [0.15, 0.2) is 66.7 Å². The molecule has 5 rings (SSSR count). The van der Waals surface area contributed by atoms with Crippen molar-refractivity contribution >= 4 is 22.5 Å². The molecule has 0 saturated heterocycles. The maximum Gasteiger partial charge on any atom is 0.272 e. The van der Waals surface area contributed by atoms with Crippen LogP contribution in [-0.2, 0) is 7.05 Å². The predicted molar refractivity (Wildman–Crippen MR) is 125 cm³/mol. The highest BCUT2D eigenvalue weighted by Gasteiger charge is 2.18. The first-order valence-corrected chi connectivity index (χ1v) is 10.3. The third kappa shape index (κ3) is 3.62. The molecule has 0 aliphatic heterocycles. The van der Waals surface area contributed by atoms with Gasteiger partial charge in [-0.15, -0.1) is 10.2 Å². The number of aryl methyl sites for hydroxylation is 2. The number of fused-ring (bicyclic) bond motifs is 1. The van der Waals surface area contributed by atoms with Gasteiger partial charge in [0.15, 0.2) is 0 Å². The molecule has 33 heavy (non-hydrogen) atoms. The largest absolute Gasteiger partial charge is 0.340 e. The lowest BCUT2D eigenvalue weighted by Crippen LogP contribution is -2.16. The van der Waals surface area contributed by atoms with Gasteiger partial charge in [0, 0.05) is 23.5 Å². The first kappa shape index (κ1) is 20.2. The fourth-order valence-corrected chi connectivity index (χ4v) is 3.98. The van der Waals surface area contributed by atoms with Gasteiger partial charge < -0.3 is 9.88 Å². The van der Waals surface area contributed by atoms with E-state index in [0.717, 1.165) is 22.0 Å². The van der Waals surface area contributed by atoms with Crippen molar-refractivity contribution in [3.8, 4) is 28.6 Å². The Bertz CT molecular complexity index is 1540. The topological polar surface area (TPSA) is 112 Å². The zero-order chi connectivity index (χ0) is 22.9. The Morgan fingerprint density at radius 2 is 1.91 bits per heavy atom. The van der Waals surface area contributed by atoms with Crippen LogP contribution in [-0.4, -0.2) is 31.1 Å². The SMILES string of the molecule is Cc1ccccc1-c1ccc2cc(C(=O)Nc3ccc(C#N)cc3-c3nn[nH]n3)n(C)c2c1. The minimum Gasteiger partial charge on any atom is -0.340 e. The van der Waals surface area contributed by atoms with Crippen LogP contribution in [0.5, 0.6) is 0 Å². The van der Waals surface area contributed by atoms with Crippen molar-refractivity contribution in [3.05, 3.63) is 83.6 Å². The van der Waals surface area contributed by atoms with Crippen molar-refractivity contribution in [2.75, 3.05) is 5.32 Å². The number of carbonyl (C=O) groups excluding carboxylic acids is 1. The fourth-order valence-electron chi connectivity index (χ4n) is 3.98. The van der Waals surface area contributed by atoms with E-state index in [0.29, 0.717) is 28.3 Å². The molecule has 0 radical (unpaired) electrons. The molecule has 1 amide bonds. The van der Waals surface area contributed by atoms with Crippen molar-refractivity contribution in [1.29, 1.82) is 5.26 Å². The number of aromatic nitrogens is 5. The van der Waals surface area contributed by atoms with Gasteiger partial charge in [0.25, 0.3) is 5.91 Å². The van der Waals surface area contributed by atoms with Gasteiger partial charge in [-0.25, -0.2) is 0 Å². The van der Waals surface area contributed by atoms with Crippen LogP contribution in [0.25, 0.3) is 33.4 Å². The molecule has 0 fully saturated rings. The lowest BCUT2D eigenvalue weighted by Gasteiger charge is -2.10. The van der Waals surface area contributed by atoms with Gasteiger partial charge in [-0.2, -0.15) is 10.5 Å². The second-order valence-corrected chi connectivity index (χ2v) is 7.74. The summed E-state index contributed by atoms with van der Waals surface area (Å²) in [7, 11) is 1.87. The normalized spacial score (nSPS) is 10.8. The number of rotatable bonds is 4. The summed E-state index contributed by atoms with van der Waals surface area (Å²) < 4.78 is 1.88. The Labute approximate surface area is 189 Å². The number of tetrazole rings is 1. The summed E-state index contributed by atoms with van der Waals surface area (Å²) in [6.45, 7) is 2.09. The average Bonchev–Trinajstić information content (AvgIpc) is 3.48. The van der Waals surface area contributed by atoms with Crippen molar-refractivity contribution in [3.63, 3.8) is 0 Å². The van der Waals surface area contributed by atoms with E-state index >= 15 is 0 Å². The van der Waals surface area contributed by atoms with E-state index in [2.05, 4.69) is 63.2 Å². The highest BCUT2D eigenvalue weighted by molar-refractivity contribution is 6.08. The maximum absolute atomic E-state index is 13.2. The Hall–Kier alpha value is -4.77. The van der Waals surface area contributed by atoms with E-state index in [1.807, 2.05) is 35.9 Å². The van der Waals surface area contributed by atoms with Crippen LogP contribution in [0.1, 0.15) is 21.6 Å². The first-order valence-electron chi connectivity index (χ1n) is 10.3. The number of nitrogens with zero attached hydrogens (tertiary/aromatic N) is 5. The number of nitrogens with one attached hydrogen (secondary N) is 2. The minimum absolute atomic E-state index is 0.277. The molecule has 0 unspecified atom stereocenters. The summed E-state index contributed by atoms with van der Waals surface area (Å²) in [5, 5.41) is 27.1. The Balaban J connectivity index is 1.52. The number of carbonyl (C=O) groups is 1. The van der Waals surface area contributed by atoms with Gasteiger partial charge in [0.2, 0.25) is 5.82 Å². The zero-order valence-corrected chi connectivity index (χ0v) is 18.0. The summed E-state index contributed by atoms with van der Waals surface area (Å²) >= 11 is 0. The molecule has 0 atom stereocenters. The zero-order valence-electron chi connectivity index (χ0n) is 18.0. The molecule has 8 nitrogen and oxygen atoms in total. The quantitative estimate of drug-likeness (QED) is 0.435. The molecule has 8 heteroatoms. The van der Waals surface area contributed by atoms with Crippen molar-refractivity contribution < 1.29 is 4.79 Å². The predicted octanol–water partition coefficient (Wildman–Crippen LogP) is 4.46. The van der Waals surface area contributed by atoms with Crippen molar-refractivity contribution in [2.45, 2.75) is 6.92 Å². The molecule has 160 valence electrons. The number of H-pyrrole nitrogens is 1. The number of hydrogen-bond acceptors (Lipinski definition) is 5. The Kier molecular flexibility index (Phi) is 4.92. The highest BCUT2D eigenvalue weighted by atomic mass is 16.1. The molecule has 0 aliphatic carbocycles. The van der Waals surface area contributed by atoms with Crippen LogP contribution in [0.2, 0.25) is 0 Å².